The highest BCUT2D eigenvalue weighted by atomic mass is 16.5. The Bertz CT molecular complexity index is 2400. The van der Waals surface area contributed by atoms with Crippen molar-refractivity contribution in [3.05, 3.63) is 155 Å². The zero-order valence-corrected chi connectivity index (χ0v) is 23.4. The van der Waals surface area contributed by atoms with Gasteiger partial charge in [0.05, 0.1) is 0 Å². The molecule has 0 spiro atoms. The summed E-state index contributed by atoms with van der Waals surface area (Å²) in [6, 6.07) is 48.8. The molecule has 7 aromatic carbocycles. The molecule has 0 aromatic heterocycles. The summed E-state index contributed by atoms with van der Waals surface area (Å²) < 4.78 is 6.37. The third kappa shape index (κ3) is 3.22. The lowest BCUT2D eigenvalue weighted by Gasteiger charge is -2.22. The van der Waals surface area contributed by atoms with E-state index < -0.39 is 0 Å². The van der Waals surface area contributed by atoms with Gasteiger partial charge in [-0.3, -0.25) is 0 Å². The van der Waals surface area contributed by atoms with Gasteiger partial charge in [-0.1, -0.05) is 127 Å². The van der Waals surface area contributed by atoms with Gasteiger partial charge in [-0.05, 0) is 83.7 Å². The van der Waals surface area contributed by atoms with Crippen molar-refractivity contribution < 1.29 is 4.74 Å². The Balaban J connectivity index is 1.14. The van der Waals surface area contributed by atoms with Gasteiger partial charge in [-0.2, -0.15) is 0 Å². The molecule has 10 rings (SSSR count). The maximum atomic E-state index is 6.37. The number of fused-ring (bicyclic) bond motifs is 6. The lowest BCUT2D eigenvalue weighted by Crippen LogP contribution is -2.29. The molecular formula is C42H26O. The second-order valence-corrected chi connectivity index (χ2v) is 12.0. The second kappa shape index (κ2) is 8.56. The summed E-state index contributed by atoms with van der Waals surface area (Å²) in [6.45, 7) is 0. The van der Waals surface area contributed by atoms with E-state index in [1.54, 1.807) is 0 Å². The van der Waals surface area contributed by atoms with E-state index in [0.717, 1.165) is 17.1 Å². The molecule has 7 aromatic rings. The second-order valence-electron chi connectivity index (χ2n) is 12.0. The molecule has 3 aliphatic rings. The van der Waals surface area contributed by atoms with Crippen molar-refractivity contribution in [2.24, 2.45) is 0 Å². The van der Waals surface area contributed by atoms with Crippen LogP contribution in [0.1, 0.15) is 23.0 Å². The minimum absolute atomic E-state index is 0.389. The minimum atomic E-state index is 0.389. The van der Waals surface area contributed by atoms with Crippen LogP contribution in [0.2, 0.25) is 0 Å². The largest absolute Gasteiger partial charge is 0.456 e. The SMILES string of the molecule is C1=c2ccccc2=CC2c3ccc(-c4cccc(-c5ccc6c7c(cccc57)-c5ccccc5O6)c4)c4cccc(c34)C12. The monoisotopic (exact) mass is 546 g/mol. The Morgan fingerprint density at radius 1 is 0.395 bits per heavy atom. The molecule has 200 valence electrons. The van der Waals surface area contributed by atoms with E-state index in [1.807, 2.05) is 6.07 Å². The summed E-state index contributed by atoms with van der Waals surface area (Å²) in [5.74, 6) is 2.62. The smallest absolute Gasteiger partial charge is 0.135 e. The van der Waals surface area contributed by atoms with Gasteiger partial charge in [0.2, 0.25) is 0 Å². The molecule has 1 heteroatoms. The molecule has 43 heavy (non-hydrogen) atoms. The van der Waals surface area contributed by atoms with Crippen LogP contribution in [0, 0.1) is 0 Å². The van der Waals surface area contributed by atoms with Crippen LogP contribution in [0.25, 0.3) is 67.1 Å². The molecule has 0 radical (unpaired) electrons. The molecule has 0 fully saturated rings. The van der Waals surface area contributed by atoms with E-state index in [4.69, 9.17) is 4.74 Å². The van der Waals surface area contributed by atoms with Gasteiger partial charge in [0, 0.05) is 22.8 Å². The summed E-state index contributed by atoms with van der Waals surface area (Å²) in [5, 5.41) is 7.86. The van der Waals surface area contributed by atoms with Crippen molar-refractivity contribution in [3.8, 4) is 44.9 Å². The Hall–Kier alpha value is -5.40. The van der Waals surface area contributed by atoms with Crippen molar-refractivity contribution in [3.63, 3.8) is 0 Å². The molecule has 2 aliphatic carbocycles. The van der Waals surface area contributed by atoms with Crippen LogP contribution in [0.5, 0.6) is 11.5 Å². The van der Waals surface area contributed by atoms with Crippen LogP contribution in [0.3, 0.4) is 0 Å². The summed E-state index contributed by atoms with van der Waals surface area (Å²) >= 11 is 0. The van der Waals surface area contributed by atoms with Crippen LogP contribution >= 0.6 is 0 Å². The summed E-state index contributed by atoms with van der Waals surface area (Å²) in [5.41, 5.74) is 10.3. The number of benzene rings is 7. The molecule has 2 unspecified atom stereocenters. The molecule has 0 saturated carbocycles. The first-order valence-electron chi connectivity index (χ1n) is 15.1. The Morgan fingerprint density at radius 3 is 1.79 bits per heavy atom. The van der Waals surface area contributed by atoms with Gasteiger partial charge in [-0.15, -0.1) is 0 Å². The minimum Gasteiger partial charge on any atom is -0.456 e. The number of rotatable bonds is 2. The topological polar surface area (TPSA) is 9.23 Å². The van der Waals surface area contributed by atoms with Crippen molar-refractivity contribution in [1.29, 1.82) is 0 Å². The van der Waals surface area contributed by atoms with Gasteiger partial charge in [0.25, 0.3) is 0 Å². The Morgan fingerprint density at radius 2 is 1.00 bits per heavy atom. The molecular weight excluding hydrogens is 520 g/mol. The summed E-state index contributed by atoms with van der Waals surface area (Å²) in [6.07, 6.45) is 4.96. The zero-order valence-electron chi connectivity index (χ0n) is 23.4. The highest BCUT2D eigenvalue weighted by molar-refractivity contribution is 6.10. The molecule has 0 N–H and O–H groups in total. The molecule has 1 heterocycles. The van der Waals surface area contributed by atoms with Gasteiger partial charge in [0.1, 0.15) is 11.5 Å². The highest BCUT2D eigenvalue weighted by Crippen LogP contribution is 2.52. The van der Waals surface area contributed by atoms with Crippen LogP contribution in [-0.4, -0.2) is 0 Å². The van der Waals surface area contributed by atoms with Crippen LogP contribution in [0.4, 0.5) is 0 Å². The van der Waals surface area contributed by atoms with Crippen molar-refractivity contribution in [2.45, 2.75) is 11.8 Å². The normalized spacial score (nSPS) is 16.9. The molecule has 1 aliphatic heterocycles. The molecule has 1 nitrogen and oxygen atoms in total. The van der Waals surface area contributed by atoms with E-state index in [9.17, 15) is 0 Å². The third-order valence-corrected chi connectivity index (χ3v) is 9.81. The Kier molecular flexibility index (Phi) is 4.62. The molecule has 0 bridgehead atoms. The van der Waals surface area contributed by atoms with Crippen LogP contribution in [-0.2, 0) is 0 Å². The first-order valence-corrected chi connectivity index (χ1v) is 15.1. The first-order chi connectivity index (χ1) is 21.3. The fourth-order valence-electron chi connectivity index (χ4n) is 7.93. The fraction of sp³-hybridized carbons (Fsp3) is 0.0476. The maximum absolute atomic E-state index is 6.37. The summed E-state index contributed by atoms with van der Waals surface area (Å²) in [4.78, 5) is 0. The van der Waals surface area contributed by atoms with Crippen LogP contribution < -0.4 is 15.2 Å². The van der Waals surface area contributed by atoms with Gasteiger partial charge < -0.3 is 4.74 Å². The van der Waals surface area contributed by atoms with E-state index in [2.05, 4.69) is 140 Å². The lowest BCUT2D eigenvalue weighted by atomic mass is 9.85. The Labute approximate surface area is 249 Å². The average molecular weight is 547 g/mol. The van der Waals surface area contributed by atoms with Gasteiger partial charge in [-0.25, -0.2) is 0 Å². The van der Waals surface area contributed by atoms with E-state index in [-0.39, 0.29) is 0 Å². The maximum Gasteiger partial charge on any atom is 0.135 e. The van der Waals surface area contributed by atoms with E-state index in [1.165, 1.54) is 70.9 Å². The molecule has 2 atom stereocenters. The van der Waals surface area contributed by atoms with Gasteiger partial charge >= 0.3 is 0 Å². The summed E-state index contributed by atoms with van der Waals surface area (Å²) in [7, 11) is 0. The number of hydrogen-bond donors (Lipinski definition) is 0. The predicted molar refractivity (Wildman–Crippen MR) is 178 cm³/mol. The zero-order chi connectivity index (χ0) is 28.1. The quantitative estimate of drug-likeness (QED) is 0.210. The lowest BCUT2D eigenvalue weighted by molar-refractivity contribution is 0.487. The number of ether oxygens (including phenoxy) is 1. The van der Waals surface area contributed by atoms with Crippen molar-refractivity contribution >= 4 is 33.7 Å². The van der Waals surface area contributed by atoms with Gasteiger partial charge in [0.15, 0.2) is 0 Å². The number of hydrogen-bond acceptors (Lipinski definition) is 1. The first kappa shape index (κ1) is 23.2. The van der Waals surface area contributed by atoms with Crippen molar-refractivity contribution in [1.82, 2.24) is 0 Å². The fourth-order valence-corrected chi connectivity index (χ4v) is 7.93. The molecule has 0 amide bonds. The third-order valence-electron chi connectivity index (χ3n) is 9.81. The van der Waals surface area contributed by atoms with Crippen LogP contribution in [0.15, 0.2) is 133 Å². The molecule has 0 saturated heterocycles. The van der Waals surface area contributed by atoms with E-state index in [0.29, 0.717) is 11.8 Å². The van der Waals surface area contributed by atoms with Crippen molar-refractivity contribution in [2.75, 3.05) is 0 Å². The standard InChI is InChI=1S/C42H26O/c1-2-9-26-24-38-36-19-18-29(32-13-6-16-35(41(32)36)37(38)23-25(26)8-1)27-10-5-11-28(22-27)30-20-21-40-42-33(30)14-7-15-34(42)31-12-3-4-17-39(31)43-40/h1-24,37-38H. The average Bonchev–Trinajstić information content (AvgIpc) is 3.38. The highest BCUT2D eigenvalue weighted by Gasteiger charge is 2.33. The number of para-hydroxylation sites is 1. The predicted octanol–water partition coefficient (Wildman–Crippen LogP) is 9.56. The van der Waals surface area contributed by atoms with E-state index >= 15 is 0 Å².